The molecule has 0 aromatic heterocycles. The molecule has 3 nitrogen and oxygen atoms in total. The van der Waals surface area contributed by atoms with Gasteiger partial charge in [0, 0.05) is 6.10 Å². The highest BCUT2D eigenvalue weighted by atomic mass is 28.4. The van der Waals surface area contributed by atoms with E-state index in [0.717, 1.165) is 37.0 Å². The van der Waals surface area contributed by atoms with Gasteiger partial charge in [-0.1, -0.05) is 74.7 Å². The Hall–Kier alpha value is 0.0969. The van der Waals surface area contributed by atoms with Crippen LogP contribution in [0.2, 0.25) is 18.1 Å². The topological polar surface area (TPSA) is 49.7 Å². The van der Waals surface area contributed by atoms with Gasteiger partial charge in [-0.25, -0.2) is 0 Å². The van der Waals surface area contributed by atoms with Crippen molar-refractivity contribution in [1.29, 1.82) is 0 Å². The molecule has 0 aliphatic heterocycles. The van der Waals surface area contributed by atoms with Gasteiger partial charge in [-0.15, -0.1) is 0 Å². The van der Waals surface area contributed by atoms with E-state index in [9.17, 15) is 10.2 Å². The minimum atomic E-state index is -1.85. The van der Waals surface area contributed by atoms with Crippen molar-refractivity contribution in [1.82, 2.24) is 0 Å². The molecule has 4 heteroatoms. The SMILES string of the molecule is CC(C)CCC[C@@H](C)[C@H]1CC[C@H]2[C@@H]3[C@@H](O)[C@H](O)[C@H]4C[C@@H](O[Si](C)(C)C(C)(C)C)CC[C@]4(C)[C@H]3CC[C@]12C. The van der Waals surface area contributed by atoms with E-state index in [1.54, 1.807) is 0 Å². The fraction of sp³-hybridized carbons (Fsp3) is 1.00. The highest BCUT2D eigenvalue weighted by molar-refractivity contribution is 6.74. The Bertz CT molecular complexity index is 789. The van der Waals surface area contributed by atoms with Gasteiger partial charge >= 0.3 is 0 Å². The van der Waals surface area contributed by atoms with Crippen LogP contribution in [-0.2, 0) is 4.43 Å². The van der Waals surface area contributed by atoms with Crippen molar-refractivity contribution in [2.75, 3.05) is 0 Å². The number of rotatable bonds is 7. The molecular weight excluding hydrogens is 472 g/mol. The normalized spacial score (nSPS) is 45.3. The molecule has 0 aromatic rings. The molecule has 4 fully saturated rings. The Morgan fingerprint density at radius 3 is 2.08 bits per heavy atom. The first-order valence-electron chi connectivity index (χ1n) is 16.1. The largest absolute Gasteiger partial charge is 0.414 e. The summed E-state index contributed by atoms with van der Waals surface area (Å²) in [7, 11) is -1.85. The average Bonchev–Trinajstić information content (AvgIpc) is 3.14. The van der Waals surface area contributed by atoms with E-state index in [1.807, 2.05) is 0 Å². The smallest absolute Gasteiger partial charge is 0.192 e. The van der Waals surface area contributed by atoms with Crippen LogP contribution < -0.4 is 0 Å². The van der Waals surface area contributed by atoms with E-state index in [1.165, 1.54) is 44.9 Å². The first-order valence-corrected chi connectivity index (χ1v) is 19.0. The molecule has 37 heavy (non-hydrogen) atoms. The second-order valence-electron chi connectivity index (χ2n) is 16.7. The van der Waals surface area contributed by atoms with E-state index in [-0.39, 0.29) is 28.4 Å². The predicted molar refractivity (Wildman–Crippen MR) is 158 cm³/mol. The van der Waals surface area contributed by atoms with Crippen LogP contribution in [0, 0.1) is 52.3 Å². The Morgan fingerprint density at radius 1 is 0.838 bits per heavy atom. The maximum absolute atomic E-state index is 11.8. The standard InChI is InChI=1S/C33H62O3Si/c1-21(2)12-11-13-22(3)24-14-15-25-28-26(17-19-32(24,25)7)33(8)18-16-23(20-27(33)29(34)30(28)35)36-37(9,10)31(4,5)6/h21-30,34-35H,11-20H2,1-10H3/t22-,23+,24-,25+,26+,27-,28+,29-,30-,32-,33-/m1/s1. The van der Waals surface area contributed by atoms with E-state index in [4.69, 9.17) is 4.43 Å². The average molecular weight is 535 g/mol. The zero-order chi connectivity index (χ0) is 27.6. The summed E-state index contributed by atoms with van der Waals surface area (Å²) < 4.78 is 6.88. The Kier molecular flexibility index (Phi) is 8.53. The highest BCUT2D eigenvalue weighted by Gasteiger charge is 2.65. The van der Waals surface area contributed by atoms with Crippen LogP contribution in [0.4, 0.5) is 0 Å². The van der Waals surface area contributed by atoms with Gasteiger partial charge in [0.2, 0.25) is 0 Å². The number of aliphatic hydroxyl groups is 2. The monoisotopic (exact) mass is 534 g/mol. The molecule has 0 saturated heterocycles. The predicted octanol–water partition coefficient (Wildman–Crippen LogP) is 8.44. The molecule has 0 bridgehead atoms. The molecule has 216 valence electrons. The van der Waals surface area contributed by atoms with Crippen molar-refractivity contribution in [3.63, 3.8) is 0 Å². The number of aliphatic hydroxyl groups excluding tert-OH is 2. The molecule has 0 aromatic carbocycles. The molecule has 0 unspecified atom stereocenters. The number of fused-ring (bicyclic) bond motifs is 5. The third kappa shape index (κ3) is 5.29. The van der Waals surface area contributed by atoms with Crippen LogP contribution in [0.3, 0.4) is 0 Å². The zero-order valence-corrected chi connectivity index (χ0v) is 27.1. The molecule has 4 rings (SSSR count). The molecule has 0 amide bonds. The van der Waals surface area contributed by atoms with Gasteiger partial charge in [0.25, 0.3) is 0 Å². The fourth-order valence-electron chi connectivity index (χ4n) is 9.95. The van der Waals surface area contributed by atoms with Crippen molar-refractivity contribution in [3.8, 4) is 0 Å². The third-order valence-electron chi connectivity index (χ3n) is 13.2. The van der Waals surface area contributed by atoms with Crippen molar-refractivity contribution in [2.24, 2.45) is 52.3 Å². The summed E-state index contributed by atoms with van der Waals surface area (Å²) in [6.07, 6.45) is 11.4. The maximum atomic E-state index is 11.8. The van der Waals surface area contributed by atoms with Gasteiger partial charge in [-0.3, -0.25) is 0 Å². The Labute approximate surface area is 231 Å². The molecule has 4 aliphatic rings. The van der Waals surface area contributed by atoms with E-state index in [2.05, 4.69) is 68.5 Å². The molecule has 0 spiro atoms. The lowest BCUT2D eigenvalue weighted by Gasteiger charge is -2.64. The molecule has 2 N–H and O–H groups in total. The lowest BCUT2D eigenvalue weighted by Crippen LogP contribution is -2.64. The van der Waals surface area contributed by atoms with Gasteiger partial charge in [-0.05, 0) is 115 Å². The van der Waals surface area contributed by atoms with E-state index in [0.29, 0.717) is 17.3 Å². The minimum absolute atomic E-state index is 0.124. The van der Waals surface area contributed by atoms with Crippen molar-refractivity contribution in [2.45, 2.75) is 156 Å². The van der Waals surface area contributed by atoms with Crippen LogP contribution in [-0.4, -0.2) is 36.8 Å². The minimum Gasteiger partial charge on any atom is -0.414 e. The van der Waals surface area contributed by atoms with Crippen LogP contribution in [0.5, 0.6) is 0 Å². The Balaban J connectivity index is 1.50. The molecule has 4 aliphatic carbocycles. The van der Waals surface area contributed by atoms with Gasteiger partial charge in [0.1, 0.15) is 0 Å². The molecule has 0 radical (unpaired) electrons. The number of hydrogen-bond donors (Lipinski definition) is 2. The summed E-state index contributed by atoms with van der Waals surface area (Å²) in [5.41, 5.74) is 0.448. The van der Waals surface area contributed by atoms with E-state index >= 15 is 0 Å². The second kappa shape index (κ2) is 10.5. The molecule has 4 saturated carbocycles. The lowest BCUT2D eigenvalue weighted by molar-refractivity contribution is -0.222. The van der Waals surface area contributed by atoms with E-state index < -0.39 is 20.5 Å². The number of hydrogen-bond acceptors (Lipinski definition) is 3. The summed E-state index contributed by atoms with van der Waals surface area (Å²) in [6, 6.07) is 0. The molecule has 0 heterocycles. The van der Waals surface area contributed by atoms with Crippen molar-refractivity contribution < 1.29 is 14.6 Å². The molecular formula is C33H62O3Si. The highest BCUT2D eigenvalue weighted by Crippen LogP contribution is 2.68. The summed E-state index contributed by atoms with van der Waals surface area (Å²) in [6.45, 7) is 23.9. The zero-order valence-electron chi connectivity index (χ0n) is 26.1. The van der Waals surface area contributed by atoms with Crippen LogP contribution in [0.15, 0.2) is 0 Å². The summed E-state index contributed by atoms with van der Waals surface area (Å²) in [5, 5.41) is 23.7. The summed E-state index contributed by atoms with van der Waals surface area (Å²) in [4.78, 5) is 0. The second-order valence-corrected chi connectivity index (χ2v) is 21.4. The maximum Gasteiger partial charge on any atom is 0.192 e. The quantitative estimate of drug-likeness (QED) is 0.322. The van der Waals surface area contributed by atoms with Crippen LogP contribution in [0.25, 0.3) is 0 Å². The van der Waals surface area contributed by atoms with Crippen LogP contribution in [0.1, 0.15) is 120 Å². The fourth-order valence-corrected chi connectivity index (χ4v) is 11.3. The van der Waals surface area contributed by atoms with Gasteiger partial charge in [0.05, 0.1) is 12.2 Å². The lowest BCUT2D eigenvalue weighted by atomic mass is 9.43. The van der Waals surface area contributed by atoms with Crippen molar-refractivity contribution in [3.05, 3.63) is 0 Å². The van der Waals surface area contributed by atoms with Crippen molar-refractivity contribution >= 4 is 8.32 Å². The molecule has 11 atom stereocenters. The van der Waals surface area contributed by atoms with Crippen LogP contribution >= 0.6 is 0 Å². The Morgan fingerprint density at radius 2 is 1.46 bits per heavy atom. The first-order chi connectivity index (χ1) is 17.0. The van der Waals surface area contributed by atoms with Gasteiger partial charge < -0.3 is 14.6 Å². The first kappa shape index (κ1) is 30.1. The summed E-state index contributed by atoms with van der Waals surface area (Å²) >= 11 is 0. The summed E-state index contributed by atoms with van der Waals surface area (Å²) in [5.74, 6) is 3.86. The van der Waals surface area contributed by atoms with Gasteiger partial charge in [0.15, 0.2) is 8.32 Å². The van der Waals surface area contributed by atoms with Gasteiger partial charge in [-0.2, -0.15) is 0 Å². The third-order valence-corrected chi connectivity index (χ3v) is 17.7.